The number of hydrogen-bond donors (Lipinski definition) is 1. The highest BCUT2D eigenvalue weighted by molar-refractivity contribution is 9.15. The first-order chi connectivity index (χ1) is 9.13. The Labute approximate surface area is 121 Å². The van der Waals surface area contributed by atoms with Crippen LogP contribution in [0, 0.1) is 6.92 Å². The molecule has 0 aromatic carbocycles. The van der Waals surface area contributed by atoms with Crippen molar-refractivity contribution in [2.45, 2.75) is 44.6 Å². The van der Waals surface area contributed by atoms with Gasteiger partial charge in [-0.3, -0.25) is 9.78 Å². The van der Waals surface area contributed by atoms with Gasteiger partial charge in [-0.15, -0.1) is 0 Å². The number of nitrogens with one attached hydrogen (secondary N) is 1. The maximum Gasteiger partial charge on any atom is 0.220 e. The van der Waals surface area contributed by atoms with E-state index in [1.807, 2.05) is 6.08 Å². The third-order valence-corrected chi connectivity index (χ3v) is 4.44. The number of nitrogens with zero attached hydrogens (tertiary/aromatic N) is 1. The van der Waals surface area contributed by atoms with Crippen LogP contribution in [0.1, 0.15) is 48.6 Å². The smallest absolute Gasteiger partial charge is 0.220 e. The van der Waals surface area contributed by atoms with Gasteiger partial charge in [0.05, 0.1) is 5.69 Å². The fourth-order valence-electron chi connectivity index (χ4n) is 2.56. The maximum atomic E-state index is 11.2. The molecule has 3 rings (SSSR count). The molecular weight excluding hydrogens is 304 g/mol. The Bertz CT molecular complexity index is 549. The van der Waals surface area contributed by atoms with Crippen LogP contribution in [0.25, 0.3) is 4.48 Å². The topological polar surface area (TPSA) is 42.0 Å². The average Bonchev–Trinajstić information content (AvgIpc) is 3.13. The minimum absolute atomic E-state index is 0.132. The zero-order valence-electron chi connectivity index (χ0n) is 10.9. The SMILES string of the molecule is Cc1nc(/C(Br)=C/[C@H]2CCC(=O)N2)ccc1C1CC1. The summed E-state index contributed by atoms with van der Waals surface area (Å²) in [5.74, 6) is 0.869. The van der Waals surface area contributed by atoms with E-state index in [-0.39, 0.29) is 11.9 Å². The van der Waals surface area contributed by atoms with Gasteiger partial charge in [0.15, 0.2) is 0 Å². The Balaban J connectivity index is 1.79. The molecule has 0 unspecified atom stereocenters. The second-order valence-electron chi connectivity index (χ2n) is 5.37. The van der Waals surface area contributed by atoms with Crippen LogP contribution < -0.4 is 5.32 Å². The second kappa shape index (κ2) is 5.08. The summed E-state index contributed by atoms with van der Waals surface area (Å²) in [4.78, 5) is 15.8. The summed E-state index contributed by atoms with van der Waals surface area (Å²) in [5, 5.41) is 2.94. The van der Waals surface area contributed by atoms with Gasteiger partial charge in [0.2, 0.25) is 5.91 Å². The van der Waals surface area contributed by atoms with Crippen LogP contribution in [0.4, 0.5) is 0 Å². The molecule has 1 aliphatic heterocycles. The van der Waals surface area contributed by atoms with E-state index >= 15 is 0 Å². The average molecular weight is 321 g/mol. The lowest BCUT2D eigenvalue weighted by molar-refractivity contribution is -0.119. The highest BCUT2D eigenvalue weighted by atomic mass is 79.9. The highest BCUT2D eigenvalue weighted by Gasteiger charge is 2.25. The molecule has 0 radical (unpaired) electrons. The predicted molar refractivity (Wildman–Crippen MR) is 79.0 cm³/mol. The van der Waals surface area contributed by atoms with Crippen molar-refractivity contribution < 1.29 is 4.79 Å². The maximum absolute atomic E-state index is 11.2. The van der Waals surface area contributed by atoms with Gasteiger partial charge in [0.25, 0.3) is 0 Å². The number of aromatic nitrogens is 1. The van der Waals surface area contributed by atoms with E-state index in [2.05, 4.69) is 45.3 Å². The number of rotatable bonds is 3. The van der Waals surface area contributed by atoms with E-state index in [0.29, 0.717) is 6.42 Å². The summed E-state index contributed by atoms with van der Waals surface area (Å²) in [7, 11) is 0. The molecule has 1 saturated carbocycles. The minimum atomic E-state index is 0.132. The standard InChI is InChI=1S/C15H17BrN2O/c1-9-12(10-2-3-10)5-6-14(17-9)13(16)8-11-4-7-15(19)18-11/h5-6,8,10-11H,2-4,7H2,1H3,(H,18,19)/b13-8-/t11-/m1/s1. The van der Waals surface area contributed by atoms with Crippen molar-refractivity contribution in [3.63, 3.8) is 0 Å². The van der Waals surface area contributed by atoms with Crippen LogP contribution in [0.5, 0.6) is 0 Å². The molecule has 1 atom stereocenters. The molecule has 100 valence electrons. The van der Waals surface area contributed by atoms with Crippen molar-refractivity contribution in [2.24, 2.45) is 0 Å². The third kappa shape index (κ3) is 2.89. The van der Waals surface area contributed by atoms with Crippen molar-refractivity contribution >= 4 is 26.3 Å². The Kier molecular flexibility index (Phi) is 3.44. The van der Waals surface area contributed by atoms with E-state index in [4.69, 9.17) is 0 Å². The van der Waals surface area contributed by atoms with Gasteiger partial charge in [-0.05, 0) is 65.7 Å². The molecule has 1 saturated heterocycles. The van der Waals surface area contributed by atoms with Crippen LogP contribution in [-0.2, 0) is 4.79 Å². The molecule has 1 aromatic heterocycles. The number of carbonyl (C=O) groups is 1. The molecule has 0 spiro atoms. The Morgan fingerprint density at radius 2 is 2.21 bits per heavy atom. The molecule has 1 amide bonds. The Morgan fingerprint density at radius 3 is 2.79 bits per heavy atom. The van der Waals surface area contributed by atoms with Crippen LogP contribution in [0.3, 0.4) is 0 Å². The second-order valence-corrected chi connectivity index (χ2v) is 6.23. The van der Waals surface area contributed by atoms with Gasteiger partial charge < -0.3 is 5.32 Å². The number of hydrogen-bond acceptors (Lipinski definition) is 2. The van der Waals surface area contributed by atoms with Gasteiger partial charge in [-0.25, -0.2) is 0 Å². The van der Waals surface area contributed by atoms with Crippen molar-refractivity contribution in [2.75, 3.05) is 0 Å². The monoisotopic (exact) mass is 320 g/mol. The summed E-state index contributed by atoms with van der Waals surface area (Å²) in [6.07, 6.45) is 6.13. The van der Waals surface area contributed by atoms with E-state index < -0.39 is 0 Å². The first kappa shape index (κ1) is 12.9. The fraction of sp³-hybridized carbons (Fsp3) is 0.467. The van der Waals surface area contributed by atoms with E-state index in [1.54, 1.807) is 0 Å². The van der Waals surface area contributed by atoms with Gasteiger partial charge in [0.1, 0.15) is 0 Å². The molecule has 1 N–H and O–H groups in total. The molecule has 4 heteroatoms. The van der Waals surface area contributed by atoms with Gasteiger partial charge in [0, 0.05) is 22.6 Å². The summed E-state index contributed by atoms with van der Waals surface area (Å²) < 4.78 is 0.963. The molecule has 2 aliphatic rings. The summed E-state index contributed by atoms with van der Waals surface area (Å²) in [6, 6.07) is 4.39. The molecule has 2 fully saturated rings. The normalized spacial score (nSPS) is 23.6. The Hall–Kier alpha value is -1.16. The summed E-state index contributed by atoms with van der Waals surface area (Å²) in [6.45, 7) is 2.08. The molecular formula is C15H17BrN2O. The number of carbonyl (C=O) groups excluding carboxylic acids is 1. The lowest BCUT2D eigenvalue weighted by Gasteiger charge is -2.08. The molecule has 2 heterocycles. The van der Waals surface area contributed by atoms with Crippen molar-refractivity contribution in [1.82, 2.24) is 10.3 Å². The summed E-state index contributed by atoms with van der Waals surface area (Å²) >= 11 is 3.57. The van der Waals surface area contributed by atoms with Crippen LogP contribution >= 0.6 is 15.9 Å². The van der Waals surface area contributed by atoms with Gasteiger partial charge in [-0.1, -0.05) is 6.07 Å². The number of aryl methyl sites for hydroxylation is 1. The van der Waals surface area contributed by atoms with Crippen LogP contribution in [-0.4, -0.2) is 16.9 Å². The molecule has 1 aliphatic carbocycles. The third-order valence-electron chi connectivity index (χ3n) is 3.76. The highest BCUT2D eigenvalue weighted by Crippen LogP contribution is 2.41. The van der Waals surface area contributed by atoms with Gasteiger partial charge in [-0.2, -0.15) is 0 Å². The molecule has 0 bridgehead atoms. The largest absolute Gasteiger partial charge is 0.350 e. The van der Waals surface area contributed by atoms with Crippen molar-refractivity contribution in [1.29, 1.82) is 0 Å². The summed E-state index contributed by atoms with van der Waals surface area (Å²) in [5.41, 5.74) is 3.46. The predicted octanol–water partition coefficient (Wildman–Crippen LogP) is 3.28. The molecule has 19 heavy (non-hydrogen) atoms. The number of halogens is 1. The van der Waals surface area contributed by atoms with Crippen LogP contribution in [0.2, 0.25) is 0 Å². The lowest BCUT2D eigenvalue weighted by atomic mass is 10.1. The number of amides is 1. The minimum Gasteiger partial charge on any atom is -0.350 e. The van der Waals surface area contributed by atoms with Gasteiger partial charge >= 0.3 is 0 Å². The molecule has 1 aromatic rings. The van der Waals surface area contributed by atoms with E-state index in [9.17, 15) is 4.79 Å². The molecule has 3 nitrogen and oxygen atoms in total. The van der Waals surface area contributed by atoms with Crippen molar-refractivity contribution in [3.8, 4) is 0 Å². The van der Waals surface area contributed by atoms with E-state index in [1.165, 1.54) is 18.4 Å². The van der Waals surface area contributed by atoms with E-state index in [0.717, 1.165) is 28.2 Å². The zero-order chi connectivity index (χ0) is 13.4. The fourth-order valence-corrected chi connectivity index (χ4v) is 3.10. The zero-order valence-corrected chi connectivity index (χ0v) is 12.5. The number of pyridine rings is 1. The van der Waals surface area contributed by atoms with Crippen molar-refractivity contribution in [3.05, 3.63) is 35.2 Å². The van der Waals surface area contributed by atoms with Crippen LogP contribution in [0.15, 0.2) is 18.2 Å². The Morgan fingerprint density at radius 1 is 1.42 bits per heavy atom. The first-order valence-corrected chi connectivity index (χ1v) is 7.57. The quantitative estimate of drug-likeness (QED) is 0.928. The first-order valence-electron chi connectivity index (χ1n) is 6.78. The lowest BCUT2D eigenvalue weighted by Crippen LogP contribution is -2.23.